The van der Waals surface area contributed by atoms with Crippen LogP contribution in [0.1, 0.15) is 24.5 Å². The Bertz CT molecular complexity index is 913. The lowest BCUT2D eigenvalue weighted by Crippen LogP contribution is -2.44. The highest BCUT2D eigenvalue weighted by Crippen LogP contribution is 2.32. The van der Waals surface area contributed by atoms with Gasteiger partial charge in [0.05, 0.1) is 12.6 Å². The molecule has 0 saturated carbocycles. The van der Waals surface area contributed by atoms with Gasteiger partial charge in [-0.15, -0.1) is 0 Å². The number of imide groups is 1. The number of anilines is 1. The van der Waals surface area contributed by atoms with Gasteiger partial charge in [-0.3, -0.25) is 15.0 Å². The molecule has 4 rings (SSSR count). The summed E-state index contributed by atoms with van der Waals surface area (Å²) in [6.45, 7) is 2.50. The van der Waals surface area contributed by atoms with Crippen molar-refractivity contribution in [3.8, 4) is 11.5 Å². The maximum absolute atomic E-state index is 12.3. The van der Waals surface area contributed by atoms with Gasteiger partial charge in [0.1, 0.15) is 13.2 Å². The molecule has 0 spiro atoms. The summed E-state index contributed by atoms with van der Waals surface area (Å²) < 4.78 is 10.9. The van der Waals surface area contributed by atoms with Crippen molar-refractivity contribution in [2.24, 2.45) is 5.92 Å². The lowest BCUT2D eigenvalue weighted by Gasteiger charge is -2.33. The van der Waals surface area contributed by atoms with Crippen molar-refractivity contribution >= 4 is 17.6 Å². The van der Waals surface area contributed by atoms with E-state index < -0.39 is 12.1 Å². The predicted octanol–water partition coefficient (Wildman–Crippen LogP) is 2.55. The number of amides is 3. The zero-order chi connectivity index (χ0) is 21.6. The number of hydrogen-bond acceptors (Lipinski definition) is 6. The molecule has 0 aliphatic carbocycles. The normalized spacial score (nSPS) is 17.6. The number of likely N-dealkylation sites (tertiary alicyclic amines) is 1. The first-order valence-electron chi connectivity index (χ1n) is 10.5. The van der Waals surface area contributed by atoms with Gasteiger partial charge < -0.3 is 19.9 Å². The Hall–Kier alpha value is -3.10. The quantitative estimate of drug-likeness (QED) is 0.681. The smallest absolute Gasteiger partial charge is 0.325 e. The van der Waals surface area contributed by atoms with Crippen LogP contribution in [0.25, 0.3) is 0 Å². The Labute approximate surface area is 181 Å². The van der Waals surface area contributed by atoms with Gasteiger partial charge in [0.15, 0.2) is 11.5 Å². The average Bonchev–Trinajstić information content (AvgIpc) is 2.79. The van der Waals surface area contributed by atoms with Gasteiger partial charge in [-0.2, -0.15) is 0 Å². The van der Waals surface area contributed by atoms with E-state index >= 15 is 0 Å². The fourth-order valence-corrected chi connectivity index (χ4v) is 4.00. The zero-order valence-corrected chi connectivity index (χ0v) is 17.3. The summed E-state index contributed by atoms with van der Waals surface area (Å²) in [5, 5.41) is 15.6. The molecule has 1 saturated heterocycles. The first-order valence-corrected chi connectivity index (χ1v) is 10.5. The van der Waals surface area contributed by atoms with Gasteiger partial charge in [0, 0.05) is 11.8 Å². The van der Waals surface area contributed by atoms with E-state index in [-0.39, 0.29) is 18.4 Å². The number of aliphatic hydroxyl groups excluding tert-OH is 1. The van der Waals surface area contributed by atoms with Crippen LogP contribution >= 0.6 is 0 Å². The second kappa shape index (κ2) is 9.80. The largest absolute Gasteiger partial charge is 0.486 e. The molecule has 2 aliphatic heterocycles. The third-order valence-electron chi connectivity index (χ3n) is 5.64. The zero-order valence-electron chi connectivity index (χ0n) is 17.3. The number of nitrogens with one attached hydrogen (secondary N) is 2. The minimum atomic E-state index is -0.587. The Morgan fingerprint density at radius 1 is 1.03 bits per heavy atom. The Morgan fingerprint density at radius 2 is 1.74 bits per heavy atom. The number of benzene rings is 2. The van der Waals surface area contributed by atoms with E-state index in [0.29, 0.717) is 43.5 Å². The third-order valence-corrected chi connectivity index (χ3v) is 5.64. The van der Waals surface area contributed by atoms with Crippen molar-refractivity contribution in [2.45, 2.75) is 18.9 Å². The highest BCUT2D eigenvalue weighted by atomic mass is 16.6. The lowest BCUT2D eigenvalue weighted by molar-refractivity contribution is -0.121. The molecule has 8 nitrogen and oxygen atoms in total. The molecule has 2 aliphatic rings. The van der Waals surface area contributed by atoms with Crippen molar-refractivity contribution in [2.75, 3.05) is 38.2 Å². The number of hydrogen-bond donors (Lipinski definition) is 3. The van der Waals surface area contributed by atoms with Gasteiger partial charge in [-0.1, -0.05) is 30.3 Å². The van der Waals surface area contributed by atoms with E-state index in [1.165, 1.54) is 0 Å². The standard InChI is InChI=1S/C23H27N3O5/c27-21(25-23(29)24-18-6-7-19-20(14-18)31-13-12-30-19)15-26-10-8-17(9-11-26)22(28)16-4-2-1-3-5-16/h1-7,14,17,22,28H,8-13,15H2,(H2,24,25,27,29). The van der Waals surface area contributed by atoms with Crippen LogP contribution in [0.3, 0.4) is 0 Å². The molecule has 3 N–H and O–H groups in total. The number of piperidine rings is 1. The maximum Gasteiger partial charge on any atom is 0.325 e. The molecule has 0 aromatic heterocycles. The monoisotopic (exact) mass is 425 g/mol. The fraction of sp³-hybridized carbons (Fsp3) is 0.391. The van der Waals surface area contributed by atoms with Crippen LogP contribution in [0, 0.1) is 5.92 Å². The summed E-state index contributed by atoms with van der Waals surface area (Å²) in [4.78, 5) is 26.4. The van der Waals surface area contributed by atoms with Crippen molar-refractivity contribution in [3.63, 3.8) is 0 Å². The minimum absolute atomic E-state index is 0.142. The van der Waals surface area contributed by atoms with Gasteiger partial charge in [-0.05, 0) is 49.5 Å². The summed E-state index contributed by atoms with van der Waals surface area (Å²) >= 11 is 0. The van der Waals surface area contributed by atoms with Crippen LogP contribution < -0.4 is 20.1 Å². The second-order valence-electron chi connectivity index (χ2n) is 7.83. The summed E-state index contributed by atoms with van der Waals surface area (Å²) in [7, 11) is 0. The summed E-state index contributed by atoms with van der Waals surface area (Å²) in [6.07, 6.45) is 1.10. The molecule has 3 amide bonds. The lowest BCUT2D eigenvalue weighted by atomic mass is 9.87. The Kier molecular flexibility index (Phi) is 6.69. The number of fused-ring (bicyclic) bond motifs is 1. The van der Waals surface area contributed by atoms with Crippen molar-refractivity contribution < 1.29 is 24.2 Å². The molecule has 8 heteroatoms. The number of aliphatic hydroxyl groups is 1. The molecule has 2 heterocycles. The van der Waals surface area contributed by atoms with Gasteiger partial charge in [-0.25, -0.2) is 4.79 Å². The van der Waals surface area contributed by atoms with E-state index in [2.05, 4.69) is 10.6 Å². The van der Waals surface area contributed by atoms with Crippen molar-refractivity contribution in [1.29, 1.82) is 0 Å². The van der Waals surface area contributed by atoms with Crippen LogP contribution in [0.15, 0.2) is 48.5 Å². The molecule has 164 valence electrons. The summed E-state index contributed by atoms with van der Waals surface area (Å²) in [5.41, 5.74) is 1.44. The van der Waals surface area contributed by atoms with Gasteiger partial charge >= 0.3 is 6.03 Å². The molecular weight excluding hydrogens is 398 g/mol. The van der Waals surface area contributed by atoms with Crippen LogP contribution in [-0.2, 0) is 4.79 Å². The molecule has 0 radical (unpaired) electrons. The van der Waals surface area contributed by atoms with E-state index in [0.717, 1.165) is 18.4 Å². The van der Waals surface area contributed by atoms with Crippen molar-refractivity contribution in [1.82, 2.24) is 10.2 Å². The van der Waals surface area contributed by atoms with E-state index in [1.54, 1.807) is 18.2 Å². The maximum atomic E-state index is 12.3. The molecular formula is C23H27N3O5. The molecule has 1 unspecified atom stereocenters. The summed E-state index contributed by atoms with van der Waals surface area (Å²) in [5.74, 6) is 1.00. The molecule has 1 fully saturated rings. The number of carbonyl (C=O) groups is 2. The molecule has 0 bridgehead atoms. The molecule has 2 aromatic rings. The highest BCUT2D eigenvalue weighted by Gasteiger charge is 2.27. The first kappa shape index (κ1) is 21.1. The number of nitrogens with zero attached hydrogens (tertiary/aromatic N) is 1. The number of ether oxygens (including phenoxy) is 2. The number of urea groups is 1. The van der Waals surface area contributed by atoms with Crippen LogP contribution in [0.2, 0.25) is 0 Å². The van der Waals surface area contributed by atoms with Crippen LogP contribution in [0.5, 0.6) is 11.5 Å². The number of carbonyl (C=O) groups excluding carboxylic acids is 2. The number of rotatable bonds is 5. The fourth-order valence-electron chi connectivity index (χ4n) is 4.00. The van der Waals surface area contributed by atoms with E-state index in [1.807, 2.05) is 35.2 Å². The molecule has 1 atom stereocenters. The van der Waals surface area contributed by atoms with E-state index in [4.69, 9.17) is 9.47 Å². The third kappa shape index (κ3) is 5.53. The topological polar surface area (TPSA) is 100 Å². The molecule has 2 aromatic carbocycles. The first-order chi connectivity index (χ1) is 15.1. The Morgan fingerprint density at radius 3 is 2.48 bits per heavy atom. The average molecular weight is 425 g/mol. The van der Waals surface area contributed by atoms with Gasteiger partial charge in [0.2, 0.25) is 5.91 Å². The Balaban J connectivity index is 1.21. The second-order valence-corrected chi connectivity index (χ2v) is 7.83. The predicted molar refractivity (Wildman–Crippen MR) is 115 cm³/mol. The highest BCUT2D eigenvalue weighted by molar-refractivity contribution is 6.01. The van der Waals surface area contributed by atoms with Crippen molar-refractivity contribution in [3.05, 3.63) is 54.1 Å². The van der Waals surface area contributed by atoms with Gasteiger partial charge in [0.25, 0.3) is 0 Å². The summed E-state index contributed by atoms with van der Waals surface area (Å²) in [6, 6.07) is 14.1. The minimum Gasteiger partial charge on any atom is -0.486 e. The SMILES string of the molecule is O=C(CN1CCC(C(O)c2ccccc2)CC1)NC(=O)Nc1ccc2c(c1)OCCO2. The van der Waals surface area contributed by atoms with Crippen LogP contribution in [0.4, 0.5) is 10.5 Å². The van der Waals surface area contributed by atoms with E-state index in [9.17, 15) is 14.7 Å². The van der Waals surface area contributed by atoms with Crippen LogP contribution in [-0.4, -0.2) is 54.8 Å². The molecule has 31 heavy (non-hydrogen) atoms.